The Bertz CT molecular complexity index is 402. The maximum absolute atomic E-state index is 14.0. The van der Waals surface area contributed by atoms with Crippen LogP contribution in [-0.4, -0.2) is 54.2 Å². The van der Waals surface area contributed by atoms with Gasteiger partial charge in [0.15, 0.2) is 0 Å². The van der Waals surface area contributed by atoms with E-state index in [9.17, 15) is 9.50 Å². The number of benzene rings is 1. The van der Waals surface area contributed by atoms with Gasteiger partial charge in [0.05, 0.1) is 12.6 Å². The predicted octanol–water partition coefficient (Wildman–Crippen LogP) is 2.15. The lowest BCUT2D eigenvalue weighted by atomic mass is 10.0. The highest BCUT2D eigenvalue weighted by Crippen LogP contribution is 2.30. The molecular formula is C14H20ClFN2O. The third-order valence-corrected chi connectivity index (χ3v) is 4.13. The van der Waals surface area contributed by atoms with Gasteiger partial charge in [-0.15, -0.1) is 0 Å². The largest absolute Gasteiger partial charge is 0.394 e. The van der Waals surface area contributed by atoms with Crippen LogP contribution in [0.25, 0.3) is 0 Å². The Kier molecular flexibility index (Phi) is 5.16. The van der Waals surface area contributed by atoms with E-state index in [1.165, 1.54) is 6.07 Å². The lowest BCUT2D eigenvalue weighted by molar-refractivity contribution is 0.0656. The van der Waals surface area contributed by atoms with Gasteiger partial charge in [-0.25, -0.2) is 4.39 Å². The molecule has 19 heavy (non-hydrogen) atoms. The van der Waals surface area contributed by atoms with Gasteiger partial charge in [-0.3, -0.25) is 4.90 Å². The minimum Gasteiger partial charge on any atom is -0.394 e. The molecule has 3 nitrogen and oxygen atoms in total. The zero-order valence-electron chi connectivity index (χ0n) is 11.1. The maximum Gasteiger partial charge on any atom is 0.129 e. The van der Waals surface area contributed by atoms with Crippen molar-refractivity contribution in [2.45, 2.75) is 13.0 Å². The molecule has 1 heterocycles. The molecule has 0 saturated carbocycles. The molecule has 0 aromatic heterocycles. The molecule has 1 atom stereocenters. The van der Waals surface area contributed by atoms with E-state index in [2.05, 4.69) is 16.7 Å². The van der Waals surface area contributed by atoms with Crippen molar-refractivity contribution in [1.82, 2.24) is 9.80 Å². The lowest BCUT2D eigenvalue weighted by Crippen LogP contribution is -2.48. The van der Waals surface area contributed by atoms with Gasteiger partial charge in [-0.05, 0) is 18.7 Å². The van der Waals surface area contributed by atoms with Crippen LogP contribution in [0.4, 0.5) is 4.39 Å². The standard InChI is InChI=1S/C14H20ClFN2O/c1-2-17-6-8-18(9-7-17)13(10-19)14-11(15)4-3-5-12(14)16/h3-5,13,19H,2,6-10H2,1H3. The maximum atomic E-state index is 14.0. The van der Waals surface area contributed by atoms with Crippen LogP contribution in [-0.2, 0) is 0 Å². The third-order valence-electron chi connectivity index (χ3n) is 3.80. The smallest absolute Gasteiger partial charge is 0.129 e. The molecule has 5 heteroatoms. The minimum atomic E-state index is -0.354. The Morgan fingerprint density at radius 1 is 1.32 bits per heavy atom. The van der Waals surface area contributed by atoms with Crippen molar-refractivity contribution in [2.24, 2.45) is 0 Å². The van der Waals surface area contributed by atoms with E-state index >= 15 is 0 Å². The van der Waals surface area contributed by atoms with E-state index in [1.807, 2.05) is 0 Å². The summed E-state index contributed by atoms with van der Waals surface area (Å²) in [7, 11) is 0. The van der Waals surface area contributed by atoms with Gasteiger partial charge in [-0.1, -0.05) is 24.6 Å². The molecule has 1 N–H and O–H groups in total. The van der Waals surface area contributed by atoms with E-state index in [0.29, 0.717) is 10.6 Å². The van der Waals surface area contributed by atoms with Crippen molar-refractivity contribution in [1.29, 1.82) is 0 Å². The molecule has 1 aromatic carbocycles. The van der Waals surface area contributed by atoms with Gasteiger partial charge in [0.2, 0.25) is 0 Å². The molecule has 1 aliphatic rings. The first-order valence-electron chi connectivity index (χ1n) is 6.68. The lowest BCUT2D eigenvalue weighted by Gasteiger charge is -2.38. The van der Waals surface area contributed by atoms with Crippen LogP contribution in [0.5, 0.6) is 0 Å². The van der Waals surface area contributed by atoms with Crippen LogP contribution in [0.15, 0.2) is 18.2 Å². The van der Waals surface area contributed by atoms with Crippen molar-refractivity contribution in [3.05, 3.63) is 34.6 Å². The van der Waals surface area contributed by atoms with Crippen molar-refractivity contribution >= 4 is 11.6 Å². The average molecular weight is 287 g/mol. The summed E-state index contributed by atoms with van der Waals surface area (Å²) in [4.78, 5) is 4.45. The first-order valence-corrected chi connectivity index (χ1v) is 7.06. The Hall–Kier alpha value is -0.680. The summed E-state index contributed by atoms with van der Waals surface area (Å²) in [6.07, 6.45) is 0. The molecule has 1 aliphatic heterocycles. The number of aliphatic hydroxyl groups is 1. The molecule has 0 bridgehead atoms. The second-order valence-corrected chi connectivity index (χ2v) is 5.21. The fourth-order valence-electron chi connectivity index (χ4n) is 2.61. The molecule has 0 radical (unpaired) electrons. The summed E-state index contributed by atoms with van der Waals surface area (Å²) in [5.41, 5.74) is 0.414. The van der Waals surface area contributed by atoms with E-state index < -0.39 is 0 Å². The summed E-state index contributed by atoms with van der Waals surface area (Å²) >= 11 is 6.09. The highest BCUT2D eigenvalue weighted by atomic mass is 35.5. The van der Waals surface area contributed by atoms with Crippen molar-refractivity contribution in [2.75, 3.05) is 39.3 Å². The normalized spacial score (nSPS) is 19.6. The van der Waals surface area contributed by atoms with E-state index in [-0.39, 0.29) is 18.5 Å². The number of hydrogen-bond donors (Lipinski definition) is 1. The first-order chi connectivity index (χ1) is 9.17. The monoisotopic (exact) mass is 286 g/mol. The quantitative estimate of drug-likeness (QED) is 0.919. The molecule has 2 rings (SSSR count). The molecule has 1 saturated heterocycles. The Morgan fingerprint density at radius 2 is 2.00 bits per heavy atom. The highest BCUT2D eigenvalue weighted by molar-refractivity contribution is 6.31. The van der Waals surface area contributed by atoms with Gasteiger partial charge in [0, 0.05) is 36.8 Å². The third kappa shape index (κ3) is 3.26. The molecule has 106 valence electrons. The number of rotatable bonds is 4. The van der Waals surface area contributed by atoms with Crippen LogP contribution < -0.4 is 0 Å². The average Bonchev–Trinajstić information content (AvgIpc) is 2.43. The number of hydrogen-bond acceptors (Lipinski definition) is 3. The molecular weight excluding hydrogens is 267 g/mol. The van der Waals surface area contributed by atoms with Crippen LogP contribution in [0.1, 0.15) is 18.5 Å². The fraction of sp³-hybridized carbons (Fsp3) is 0.571. The SMILES string of the molecule is CCN1CCN(C(CO)c2c(F)cccc2Cl)CC1. The Balaban J connectivity index is 2.17. The number of halogens is 2. The number of aliphatic hydroxyl groups excluding tert-OH is 1. The first kappa shape index (κ1) is 14.7. The van der Waals surface area contributed by atoms with Gasteiger partial charge < -0.3 is 10.0 Å². The Labute approximate surface area is 118 Å². The summed E-state index contributed by atoms with van der Waals surface area (Å²) < 4.78 is 14.0. The Morgan fingerprint density at radius 3 is 2.53 bits per heavy atom. The van der Waals surface area contributed by atoms with Gasteiger partial charge in [-0.2, -0.15) is 0 Å². The van der Waals surface area contributed by atoms with Crippen LogP contribution in [0, 0.1) is 5.82 Å². The molecule has 1 fully saturated rings. The van der Waals surface area contributed by atoms with E-state index in [4.69, 9.17) is 11.6 Å². The molecule has 0 amide bonds. The summed E-state index contributed by atoms with van der Waals surface area (Å²) in [5, 5.41) is 10.0. The number of likely N-dealkylation sites (N-methyl/N-ethyl adjacent to an activating group) is 1. The van der Waals surface area contributed by atoms with Gasteiger partial charge in [0.1, 0.15) is 5.82 Å². The summed E-state index contributed by atoms with van der Waals surface area (Å²) in [5.74, 6) is -0.343. The van der Waals surface area contributed by atoms with E-state index in [1.54, 1.807) is 12.1 Å². The summed E-state index contributed by atoms with van der Waals surface area (Å²) in [6, 6.07) is 4.30. The summed E-state index contributed by atoms with van der Waals surface area (Å²) in [6.45, 7) is 6.57. The van der Waals surface area contributed by atoms with Gasteiger partial charge in [0.25, 0.3) is 0 Å². The molecule has 1 aromatic rings. The number of nitrogens with zero attached hydrogens (tertiary/aromatic N) is 2. The van der Waals surface area contributed by atoms with E-state index in [0.717, 1.165) is 32.7 Å². The second-order valence-electron chi connectivity index (χ2n) is 4.80. The second kappa shape index (κ2) is 6.66. The predicted molar refractivity (Wildman–Crippen MR) is 74.9 cm³/mol. The van der Waals surface area contributed by atoms with Crippen LogP contribution in [0.2, 0.25) is 5.02 Å². The van der Waals surface area contributed by atoms with Crippen molar-refractivity contribution < 1.29 is 9.50 Å². The van der Waals surface area contributed by atoms with Crippen molar-refractivity contribution in [3.63, 3.8) is 0 Å². The fourth-order valence-corrected chi connectivity index (χ4v) is 2.90. The highest BCUT2D eigenvalue weighted by Gasteiger charge is 2.27. The molecule has 0 aliphatic carbocycles. The molecule has 1 unspecified atom stereocenters. The molecule has 0 spiro atoms. The van der Waals surface area contributed by atoms with Crippen molar-refractivity contribution in [3.8, 4) is 0 Å². The number of piperazine rings is 1. The topological polar surface area (TPSA) is 26.7 Å². The zero-order valence-corrected chi connectivity index (χ0v) is 11.9. The van der Waals surface area contributed by atoms with Gasteiger partial charge >= 0.3 is 0 Å². The minimum absolute atomic E-state index is 0.118. The van der Waals surface area contributed by atoms with Crippen LogP contribution >= 0.6 is 11.6 Å². The van der Waals surface area contributed by atoms with Crippen LogP contribution in [0.3, 0.4) is 0 Å². The zero-order chi connectivity index (χ0) is 13.8.